The monoisotopic (exact) mass is 573 g/mol. The molecule has 3 aromatic heterocycles. The van der Waals surface area contributed by atoms with Gasteiger partial charge >= 0.3 is 0 Å². The molecule has 4 heterocycles. The number of hydrogen-bond donors (Lipinski definition) is 0. The molecule has 8 rings (SSSR count). The topological polar surface area (TPSA) is 96.8 Å². The zero-order chi connectivity index (χ0) is 28.2. The van der Waals surface area contributed by atoms with E-state index in [2.05, 4.69) is 29.2 Å². The molecule has 0 saturated carbocycles. The predicted octanol–water partition coefficient (Wildman–Crippen LogP) is 7.01. The SMILES string of the molecule is COc1ccc(C2c3ccc4ccccc4c3Oc3ncn4nc(CSc5nc6ccccc6o5)nc4c32)cc1OC. The van der Waals surface area contributed by atoms with E-state index in [4.69, 9.17) is 33.7 Å². The van der Waals surface area contributed by atoms with Crippen molar-refractivity contribution in [3.63, 3.8) is 0 Å². The number of benzene rings is 4. The van der Waals surface area contributed by atoms with Crippen molar-refractivity contribution in [2.45, 2.75) is 16.9 Å². The number of hydrogen-bond acceptors (Lipinski definition) is 9. The van der Waals surface area contributed by atoms with E-state index in [1.807, 2.05) is 54.6 Å². The van der Waals surface area contributed by atoms with Crippen molar-refractivity contribution in [2.24, 2.45) is 0 Å². The van der Waals surface area contributed by atoms with Crippen molar-refractivity contribution in [1.82, 2.24) is 24.6 Å². The van der Waals surface area contributed by atoms with Gasteiger partial charge in [0.05, 0.1) is 25.5 Å². The highest BCUT2D eigenvalue weighted by Crippen LogP contribution is 2.51. The van der Waals surface area contributed by atoms with Crippen molar-refractivity contribution >= 4 is 39.3 Å². The first kappa shape index (κ1) is 24.7. The minimum atomic E-state index is -0.244. The van der Waals surface area contributed by atoms with E-state index in [1.54, 1.807) is 25.1 Å². The first-order valence-electron chi connectivity index (χ1n) is 13.3. The van der Waals surface area contributed by atoms with E-state index in [-0.39, 0.29) is 5.92 Å². The normalized spacial score (nSPS) is 14.1. The Labute approximate surface area is 244 Å². The van der Waals surface area contributed by atoms with Crippen LogP contribution in [0.4, 0.5) is 0 Å². The zero-order valence-corrected chi connectivity index (χ0v) is 23.5. The summed E-state index contributed by atoms with van der Waals surface area (Å²) in [6, 6.07) is 26.1. The largest absolute Gasteiger partial charge is 0.493 e. The zero-order valence-electron chi connectivity index (χ0n) is 22.6. The van der Waals surface area contributed by atoms with Gasteiger partial charge in [0.1, 0.15) is 17.6 Å². The van der Waals surface area contributed by atoms with Gasteiger partial charge in [0.2, 0.25) is 5.88 Å². The van der Waals surface area contributed by atoms with Crippen LogP contribution in [0, 0.1) is 0 Å². The van der Waals surface area contributed by atoms with Crippen molar-refractivity contribution in [3.05, 3.63) is 108 Å². The lowest BCUT2D eigenvalue weighted by Crippen LogP contribution is -2.15. The van der Waals surface area contributed by atoms with Crippen LogP contribution in [-0.2, 0) is 5.75 Å². The highest BCUT2D eigenvalue weighted by atomic mass is 32.2. The van der Waals surface area contributed by atoms with Crippen LogP contribution in [0.2, 0.25) is 0 Å². The van der Waals surface area contributed by atoms with Gasteiger partial charge in [0, 0.05) is 16.9 Å². The number of rotatable bonds is 6. The molecule has 0 bridgehead atoms. The highest BCUT2D eigenvalue weighted by molar-refractivity contribution is 7.98. The number of oxazole rings is 1. The Morgan fingerprint density at radius 3 is 2.64 bits per heavy atom. The standard InChI is InChI=1S/C32H23N5O4S/c1-38-24-14-12-19(15-25(24)39-2)27-21-13-11-18-7-3-4-8-20(18)29(21)41-31-28(27)30-35-26(36-37(30)17-33-31)16-42-32-34-22-9-5-6-10-23(22)40-32/h3-15,17,27H,16H2,1-2H3. The van der Waals surface area contributed by atoms with Gasteiger partial charge in [0.25, 0.3) is 5.22 Å². The summed E-state index contributed by atoms with van der Waals surface area (Å²) in [5, 5.41) is 7.42. The van der Waals surface area contributed by atoms with Crippen LogP contribution in [0.3, 0.4) is 0 Å². The van der Waals surface area contributed by atoms with Gasteiger partial charge in [-0.05, 0) is 35.2 Å². The number of thioether (sulfide) groups is 1. The molecule has 7 aromatic rings. The lowest BCUT2D eigenvalue weighted by atomic mass is 9.82. The molecule has 9 nitrogen and oxygen atoms in total. The van der Waals surface area contributed by atoms with Crippen LogP contribution in [0.15, 0.2) is 94.8 Å². The third-order valence-corrected chi connectivity index (χ3v) is 8.30. The van der Waals surface area contributed by atoms with Crippen LogP contribution >= 0.6 is 11.8 Å². The molecule has 206 valence electrons. The molecule has 0 saturated heterocycles. The third kappa shape index (κ3) is 3.94. The Morgan fingerprint density at radius 2 is 1.76 bits per heavy atom. The van der Waals surface area contributed by atoms with Gasteiger partial charge in [-0.3, -0.25) is 0 Å². The maximum absolute atomic E-state index is 6.55. The van der Waals surface area contributed by atoms with Crippen molar-refractivity contribution in [1.29, 1.82) is 0 Å². The first-order chi connectivity index (χ1) is 20.7. The molecular formula is C32H23N5O4S. The lowest BCUT2D eigenvalue weighted by molar-refractivity contribution is 0.354. The maximum atomic E-state index is 6.55. The second kappa shape index (κ2) is 9.78. The molecule has 10 heteroatoms. The van der Waals surface area contributed by atoms with Crippen LogP contribution in [0.25, 0.3) is 27.5 Å². The lowest BCUT2D eigenvalue weighted by Gasteiger charge is -2.29. The number of nitrogens with zero attached hydrogens (tertiary/aromatic N) is 5. The molecule has 4 aromatic carbocycles. The van der Waals surface area contributed by atoms with E-state index in [9.17, 15) is 0 Å². The smallest absolute Gasteiger partial charge is 0.257 e. The number of para-hydroxylation sites is 2. The van der Waals surface area contributed by atoms with Crippen LogP contribution < -0.4 is 14.2 Å². The Morgan fingerprint density at radius 1 is 0.905 bits per heavy atom. The van der Waals surface area contributed by atoms with E-state index >= 15 is 0 Å². The summed E-state index contributed by atoms with van der Waals surface area (Å²) < 4.78 is 25.3. The van der Waals surface area contributed by atoms with Gasteiger partial charge in [-0.15, -0.1) is 5.10 Å². The molecular weight excluding hydrogens is 550 g/mol. The quantitative estimate of drug-likeness (QED) is 0.195. The number of methoxy groups -OCH3 is 2. The molecule has 1 aliphatic heterocycles. The minimum absolute atomic E-state index is 0.244. The summed E-state index contributed by atoms with van der Waals surface area (Å²) in [6.07, 6.45) is 1.65. The Balaban J connectivity index is 1.26. The molecule has 0 radical (unpaired) electrons. The Kier molecular flexibility index (Phi) is 5.75. The van der Waals surface area contributed by atoms with E-state index in [0.29, 0.717) is 39.8 Å². The predicted molar refractivity (Wildman–Crippen MR) is 159 cm³/mol. The fourth-order valence-electron chi connectivity index (χ4n) is 5.57. The molecule has 42 heavy (non-hydrogen) atoms. The van der Waals surface area contributed by atoms with Gasteiger partial charge in [-0.2, -0.15) is 0 Å². The molecule has 0 spiro atoms. The maximum Gasteiger partial charge on any atom is 0.257 e. The second-order valence-corrected chi connectivity index (χ2v) is 10.8. The van der Waals surface area contributed by atoms with Crippen molar-refractivity contribution in [3.8, 4) is 23.1 Å². The van der Waals surface area contributed by atoms with E-state index < -0.39 is 0 Å². The van der Waals surface area contributed by atoms with Crippen LogP contribution in [0.1, 0.15) is 28.4 Å². The molecule has 0 aliphatic carbocycles. The molecule has 1 aliphatic rings. The summed E-state index contributed by atoms with van der Waals surface area (Å²) in [6.45, 7) is 0. The third-order valence-electron chi connectivity index (χ3n) is 7.48. The average molecular weight is 574 g/mol. The summed E-state index contributed by atoms with van der Waals surface area (Å²) in [5.74, 6) is 3.44. The van der Waals surface area contributed by atoms with E-state index in [1.165, 1.54) is 11.8 Å². The van der Waals surface area contributed by atoms with Crippen molar-refractivity contribution < 1.29 is 18.6 Å². The van der Waals surface area contributed by atoms with Crippen LogP contribution in [0.5, 0.6) is 23.1 Å². The number of ether oxygens (including phenoxy) is 3. The molecule has 1 unspecified atom stereocenters. The number of fused-ring (bicyclic) bond motifs is 7. The first-order valence-corrected chi connectivity index (χ1v) is 14.3. The molecule has 0 N–H and O–H groups in total. The summed E-state index contributed by atoms with van der Waals surface area (Å²) in [7, 11) is 3.27. The average Bonchev–Trinajstić information content (AvgIpc) is 3.66. The fraction of sp³-hybridized carbons (Fsp3) is 0.125. The molecule has 1 atom stereocenters. The highest BCUT2D eigenvalue weighted by Gasteiger charge is 2.34. The van der Waals surface area contributed by atoms with Crippen LogP contribution in [-0.4, -0.2) is 38.8 Å². The summed E-state index contributed by atoms with van der Waals surface area (Å²) in [5.41, 5.74) is 5.08. The summed E-state index contributed by atoms with van der Waals surface area (Å²) in [4.78, 5) is 14.2. The minimum Gasteiger partial charge on any atom is -0.493 e. The second-order valence-electron chi connectivity index (χ2n) is 9.85. The fourth-order valence-corrected chi connectivity index (χ4v) is 6.26. The van der Waals surface area contributed by atoms with Crippen molar-refractivity contribution in [2.75, 3.05) is 14.2 Å². The Bertz CT molecular complexity index is 2110. The molecule has 0 fully saturated rings. The van der Waals surface area contributed by atoms with Gasteiger partial charge in [-0.25, -0.2) is 19.5 Å². The summed E-state index contributed by atoms with van der Waals surface area (Å²) >= 11 is 1.45. The Hall–Kier alpha value is -5.09. The van der Waals surface area contributed by atoms with Gasteiger partial charge < -0.3 is 18.6 Å². The number of aromatic nitrogens is 5. The van der Waals surface area contributed by atoms with Gasteiger partial charge in [-0.1, -0.05) is 66.4 Å². The van der Waals surface area contributed by atoms with E-state index in [0.717, 1.165) is 44.3 Å². The van der Waals surface area contributed by atoms with Gasteiger partial charge in [0.15, 0.2) is 28.6 Å². The molecule has 0 amide bonds.